The van der Waals surface area contributed by atoms with E-state index in [1.165, 1.54) is 42.8 Å². The van der Waals surface area contributed by atoms with Crippen LogP contribution in [0.15, 0.2) is 29.2 Å². The maximum absolute atomic E-state index is 13.4. The van der Waals surface area contributed by atoms with E-state index in [-0.39, 0.29) is 22.3 Å². The summed E-state index contributed by atoms with van der Waals surface area (Å²) in [5.74, 6) is 2.48. The summed E-state index contributed by atoms with van der Waals surface area (Å²) in [5.41, 5.74) is 1.69. The molecule has 2 aromatic rings. The molecule has 4 saturated carbocycles. The molecule has 0 saturated heterocycles. The topological polar surface area (TPSA) is 71.4 Å². The Hall–Kier alpha value is -1.86. The minimum atomic E-state index is -3.54. The first-order valence-corrected chi connectivity index (χ1v) is 14.0. The van der Waals surface area contributed by atoms with Gasteiger partial charge in [0.25, 0.3) is 5.91 Å². The van der Waals surface area contributed by atoms with Gasteiger partial charge in [0.1, 0.15) is 5.69 Å². The minimum Gasteiger partial charge on any atom is -0.348 e. The average molecular weight is 472 g/mol. The number of aromatic nitrogens is 1. The highest BCUT2D eigenvalue weighted by molar-refractivity contribution is 7.89. The summed E-state index contributed by atoms with van der Waals surface area (Å²) in [6.07, 6.45) is 7.93. The van der Waals surface area contributed by atoms with Crippen LogP contribution in [0.5, 0.6) is 0 Å². The first-order chi connectivity index (χ1) is 15.7. The zero-order valence-electron chi connectivity index (χ0n) is 20.3. The van der Waals surface area contributed by atoms with Gasteiger partial charge in [0, 0.05) is 37.1 Å². The quantitative estimate of drug-likeness (QED) is 0.644. The van der Waals surface area contributed by atoms with Gasteiger partial charge in [-0.3, -0.25) is 4.79 Å². The van der Waals surface area contributed by atoms with Gasteiger partial charge in [-0.1, -0.05) is 13.8 Å². The Morgan fingerprint density at radius 1 is 1.09 bits per heavy atom. The number of carbonyl (C=O) groups excluding carboxylic acids is 1. The predicted molar refractivity (Wildman–Crippen MR) is 131 cm³/mol. The number of aryl methyl sites for hydroxylation is 1. The Labute approximate surface area is 197 Å². The number of rotatable bonds is 7. The molecule has 7 heteroatoms. The molecular weight excluding hydrogens is 434 g/mol. The van der Waals surface area contributed by atoms with Crippen molar-refractivity contribution in [2.45, 2.75) is 70.2 Å². The summed E-state index contributed by atoms with van der Waals surface area (Å²) in [4.78, 5) is 13.6. The van der Waals surface area contributed by atoms with Gasteiger partial charge in [0.15, 0.2) is 0 Å². The fraction of sp³-hybridized carbons (Fsp3) is 0.654. The van der Waals surface area contributed by atoms with Crippen molar-refractivity contribution in [3.05, 3.63) is 30.0 Å². The van der Waals surface area contributed by atoms with Crippen LogP contribution in [-0.2, 0) is 17.1 Å². The van der Waals surface area contributed by atoms with E-state index in [0.29, 0.717) is 18.8 Å². The molecule has 0 unspecified atom stereocenters. The third-order valence-electron chi connectivity index (χ3n) is 8.94. The van der Waals surface area contributed by atoms with E-state index in [2.05, 4.69) is 12.2 Å². The molecule has 1 aromatic heterocycles. The van der Waals surface area contributed by atoms with Crippen molar-refractivity contribution in [1.29, 1.82) is 0 Å². The number of amides is 1. The second kappa shape index (κ2) is 8.12. The SMILES string of the molecule is CCN(CC)S(=O)(=O)c1ccc2c(c1)cc(C(=O)N[C@@H](C)C13CC4CC(CC(C4)C1)C3)n2C. The van der Waals surface area contributed by atoms with E-state index >= 15 is 0 Å². The summed E-state index contributed by atoms with van der Waals surface area (Å²) in [7, 11) is -1.66. The highest BCUT2D eigenvalue weighted by Gasteiger charge is 2.53. The van der Waals surface area contributed by atoms with E-state index in [9.17, 15) is 13.2 Å². The van der Waals surface area contributed by atoms with Crippen molar-refractivity contribution in [2.24, 2.45) is 30.2 Å². The lowest BCUT2D eigenvalue weighted by Crippen LogP contribution is -2.55. The smallest absolute Gasteiger partial charge is 0.268 e. The van der Waals surface area contributed by atoms with E-state index in [1.807, 2.05) is 37.6 Å². The second-order valence-electron chi connectivity index (χ2n) is 10.9. The van der Waals surface area contributed by atoms with Gasteiger partial charge >= 0.3 is 0 Å². The highest BCUT2D eigenvalue weighted by Crippen LogP contribution is 2.61. The molecular formula is C26H37N3O3S. The van der Waals surface area contributed by atoms with Crippen LogP contribution in [-0.4, -0.2) is 42.3 Å². The maximum Gasteiger partial charge on any atom is 0.268 e. The molecule has 4 aliphatic carbocycles. The molecule has 1 N–H and O–H groups in total. The molecule has 6 rings (SSSR count). The normalized spacial score (nSPS) is 29.7. The Balaban J connectivity index is 1.39. The molecule has 0 radical (unpaired) electrons. The van der Waals surface area contributed by atoms with Crippen LogP contribution in [0.3, 0.4) is 0 Å². The fourth-order valence-electron chi connectivity index (χ4n) is 7.55. The zero-order chi connectivity index (χ0) is 23.5. The molecule has 4 aliphatic rings. The molecule has 4 fully saturated rings. The third-order valence-corrected chi connectivity index (χ3v) is 11.0. The molecule has 1 atom stereocenters. The van der Waals surface area contributed by atoms with Gasteiger partial charge in [0.05, 0.1) is 4.90 Å². The number of hydrogen-bond acceptors (Lipinski definition) is 3. The lowest BCUT2D eigenvalue weighted by atomic mass is 9.48. The number of nitrogens with zero attached hydrogens (tertiary/aromatic N) is 2. The minimum absolute atomic E-state index is 0.0647. The number of sulfonamides is 1. The van der Waals surface area contributed by atoms with Gasteiger partial charge in [0.2, 0.25) is 10.0 Å². The summed E-state index contributed by atoms with van der Waals surface area (Å²) in [5, 5.41) is 4.13. The van der Waals surface area contributed by atoms with Crippen LogP contribution >= 0.6 is 0 Å². The molecule has 4 bridgehead atoms. The predicted octanol–water partition coefficient (Wildman–Crippen LogP) is 4.54. The van der Waals surface area contributed by atoms with Gasteiger partial charge in [-0.2, -0.15) is 4.31 Å². The summed E-state index contributed by atoms with van der Waals surface area (Å²) in [6, 6.07) is 7.14. The Morgan fingerprint density at radius 2 is 1.67 bits per heavy atom. The van der Waals surface area contributed by atoms with Crippen molar-refractivity contribution in [3.63, 3.8) is 0 Å². The lowest BCUT2D eigenvalue weighted by Gasteiger charge is -2.59. The van der Waals surface area contributed by atoms with E-state index in [4.69, 9.17) is 0 Å². The zero-order valence-corrected chi connectivity index (χ0v) is 21.1. The van der Waals surface area contributed by atoms with Crippen molar-refractivity contribution in [2.75, 3.05) is 13.1 Å². The molecule has 1 amide bonds. The molecule has 1 heterocycles. The third kappa shape index (κ3) is 3.72. The van der Waals surface area contributed by atoms with E-state index in [1.54, 1.807) is 12.1 Å². The highest BCUT2D eigenvalue weighted by atomic mass is 32.2. The van der Waals surface area contributed by atoms with Crippen LogP contribution < -0.4 is 5.32 Å². The standard InChI is InChI=1S/C26H37N3O3S/c1-5-29(6-2)33(31,32)22-7-8-23-21(12-22)13-24(28(23)4)25(30)27-17(3)26-14-18-9-19(15-26)11-20(10-18)16-26/h7-8,12-13,17-20H,5-6,9-11,14-16H2,1-4H3,(H,27,30)/t17-,18?,19?,20?,26?/m0/s1. The summed E-state index contributed by atoms with van der Waals surface area (Å²) >= 11 is 0. The van der Waals surface area contributed by atoms with Crippen LogP contribution in [0.1, 0.15) is 69.8 Å². The molecule has 6 nitrogen and oxygen atoms in total. The van der Waals surface area contributed by atoms with Crippen LogP contribution in [0, 0.1) is 23.2 Å². The maximum atomic E-state index is 13.4. The largest absolute Gasteiger partial charge is 0.348 e. The van der Waals surface area contributed by atoms with Crippen LogP contribution in [0.4, 0.5) is 0 Å². The van der Waals surface area contributed by atoms with Crippen LogP contribution in [0.25, 0.3) is 10.9 Å². The Morgan fingerprint density at radius 3 is 2.21 bits per heavy atom. The molecule has 0 aliphatic heterocycles. The molecule has 0 spiro atoms. The Kier molecular flexibility index (Phi) is 5.64. The van der Waals surface area contributed by atoms with Gasteiger partial charge < -0.3 is 9.88 Å². The number of fused-ring (bicyclic) bond motifs is 1. The van der Waals surface area contributed by atoms with Gasteiger partial charge in [-0.25, -0.2) is 8.42 Å². The van der Waals surface area contributed by atoms with Crippen molar-refractivity contribution in [3.8, 4) is 0 Å². The van der Waals surface area contributed by atoms with Crippen molar-refractivity contribution in [1.82, 2.24) is 14.2 Å². The Bertz CT molecular complexity index is 1140. The average Bonchev–Trinajstić information content (AvgIpc) is 3.09. The summed E-state index contributed by atoms with van der Waals surface area (Å²) < 4.78 is 29.2. The second-order valence-corrected chi connectivity index (χ2v) is 12.8. The first kappa shape index (κ1) is 22.9. The monoisotopic (exact) mass is 471 g/mol. The summed E-state index contributed by atoms with van der Waals surface area (Å²) in [6.45, 7) is 6.75. The molecule has 180 valence electrons. The van der Waals surface area contributed by atoms with Crippen molar-refractivity contribution >= 4 is 26.8 Å². The molecule has 1 aromatic carbocycles. The lowest BCUT2D eigenvalue weighted by molar-refractivity contribution is -0.0688. The molecule has 33 heavy (non-hydrogen) atoms. The number of carbonyl (C=O) groups is 1. The fourth-order valence-corrected chi connectivity index (χ4v) is 9.04. The number of benzene rings is 1. The number of nitrogens with one attached hydrogen (secondary N) is 1. The van der Waals surface area contributed by atoms with Gasteiger partial charge in [-0.05, 0) is 92.9 Å². The van der Waals surface area contributed by atoms with Crippen LogP contribution in [0.2, 0.25) is 0 Å². The van der Waals surface area contributed by atoms with Crippen molar-refractivity contribution < 1.29 is 13.2 Å². The van der Waals surface area contributed by atoms with Gasteiger partial charge in [-0.15, -0.1) is 0 Å². The van der Waals surface area contributed by atoms with E-state index in [0.717, 1.165) is 28.7 Å². The van der Waals surface area contributed by atoms with E-state index < -0.39 is 10.0 Å². The first-order valence-electron chi connectivity index (χ1n) is 12.6. The number of hydrogen-bond donors (Lipinski definition) is 1.